The van der Waals surface area contributed by atoms with Gasteiger partial charge in [-0.15, -0.1) is 0 Å². The first-order chi connectivity index (χ1) is 12.0. The first-order valence-electron chi connectivity index (χ1n) is 8.52. The van der Waals surface area contributed by atoms with Crippen LogP contribution in [0.1, 0.15) is 24.8 Å². The van der Waals surface area contributed by atoms with E-state index in [0.29, 0.717) is 19.5 Å². The smallest absolute Gasteiger partial charge is 0.410 e. The molecule has 0 N–H and O–H groups in total. The van der Waals surface area contributed by atoms with Crippen molar-refractivity contribution in [1.29, 1.82) is 0 Å². The highest BCUT2D eigenvalue weighted by molar-refractivity contribution is 7.98. The molecule has 2 amide bonds. The van der Waals surface area contributed by atoms with Crippen LogP contribution in [0.4, 0.5) is 9.18 Å². The zero-order valence-corrected chi connectivity index (χ0v) is 15.2. The van der Waals surface area contributed by atoms with Crippen LogP contribution in [0, 0.1) is 5.82 Å². The van der Waals surface area contributed by atoms with E-state index in [2.05, 4.69) is 0 Å². The van der Waals surface area contributed by atoms with Gasteiger partial charge in [0.15, 0.2) is 0 Å². The Morgan fingerprint density at radius 3 is 2.76 bits per heavy atom. The molecule has 136 valence electrons. The average Bonchev–Trinajstić information content (AvgIpc) is 2.86. The lowest BCUT2D eigenvalue weighted by molar-refractivity contribution is -0.136. The molecule has 5 nitrogen and oxygen atoms in total. The van der Waals surface area contributed by atoms with Crippen LogP contribution in [-0.2, 0) is 15.3 Å². The van der Waals surface area contributed by atoms with Crippen LogP contribution < -0.4 is 0 Å². The maximum atomic E-state index is 12.9. The van der Waals surface area contributed by atoms with Crippen molar-refractivity contribution in [3.05, 3.63) is 35.6 Å². The molecule has 1 spiro atoms. The molecule has 2 fully saturated rings. The molecule has 0 radical (unpaired) electrons. The number of hydrogen-bond donors (Lipinski definition) is 0. The summed E-state index contributed by atoms with van der Waals surface area (Å²) in [5.41, 5.74) is 0.526. The summed E-state index contributed by atoms with van der Waals surface area (Å²) >= 11 is 1.67. The van der Waals surface area contributed by atoms with Gasteiger partial charge in [0.2, 0.25) is 5.91 Å². The third kappa shape index (κ3) is 4.45. The molecular weight excluding hydrogens is 343 g/mol. The number of halogens is 1. The molecule has 2 aliphatic heterocycles. The summed E-state index contributed by atoms with van der Waals surface area (Å²) in [6, 6.07) is 6.44. The number of likely N-dealkylation sites (N-methyl/N-ethyl adjacent to an activating group) is 1. The molecule has 3 rings (SSSR count). The van der Waals surface area contributed by atoms with Crippen LogP contribution in [-0.4, -0.2) is 59.8 Å². The summed E-state index contributed by atoms with van der Waals surface area (Å²) in [6.45, 7) is 1.77. The first-order valence-corrected chi connectivity index (χ1v) is 9.67. The van der Waals surface area contributed by atoms with E-state index in [4.69, 9.17) is 4.74 Å². The van der Waals surface area contributed by atoms with E-state index >= 15 is 0 Å². The van der Waals surface area contributed by atoms with Crippen molar-refractivity contribution in [2.24, 2.45) is 0 Å². The van der Waals surface area contributed by atoms with Crippen LogP contribution in [0.25, 0.3) is 0 Å². The summed E-state index contributed by atoms with van der Waals surface area (Å²) in [6.07, 6.45) is 1.83. The fourth-order valence-electron chi connectivity index (χ4n) is 3.40. The summed E-state index contributed by atoms with van der Waals surface area (Å²) < 4.78 is 18.4. The number of likely N-dealkylation sites (tertiary alicyclic amines) is 1. The Kier molecular flexibility index (Phi) is 5.51. The van der Waals surface area contributed by atoms with Crippen molar-refractivity contribution >= 4 is 23.8 Å². The Balaban J connectivity index is 1.43. The number of benzene rings is 1. The molecule has 0 unspecified atom stereocenters. The number of amides is 2. The van der Waals surface area contributed by atoms with E-state index in [0.717, 1.165) is 36.5 Å². The molecule has 7 heteroatoms. The zero-order chi connectivity index (χ0) is 17.9. The standard InChI is InChI=1S/C18H23FN2O3S/c1-20-12-18(24-17(20)23)8-2-9-21(13-18)16(22)7-10-25-11-14-3-5-15(19)6-4-14/h3-6H,2,7-13H2,1H3/t18-/m1/s1. The Hall–Kier alpha value is -1.76. The number of rotatable bonds is 5. The Labute approximate surface area is 151 Å². The van der Waals surface area contributed by atoms with Crippen molar-refractivity contribution in [3.8, 4) is 0 Å². The molecule has 2 saturated heterocycles. The van der Waals surface area contributed by atoms with Crippen molar-refractivity contribution in [2.45, 2.75) is 30.6 Å². The maximum Gasteiger partial charge on any atom is 0.410 e. The van der Waals surface area contributed by atoms with Gasteiger partial charge in [-0.1, -0.05) is 12.1 Å². The van der Waals surface area contributed by atoms with E-state index in [1.165, 1.54) is 12.1 Å². The molecule has 0 aromatic heterocycles. The van der Waals surface area contributed by atoms with Crippen molar-refractivity contribution < 1.29 is 18.7 Å². The average molecular weight is 366 g/mol. The van der Waals surface area contributed by atoms with E-state index in [1.807, 2.05) is 4.90 Å². The first kappa shape index (κ1) is 18.0. The molecular formula is C18H23FN2O3S. The van der Waals surface area contributed by atoms with Crippen LogP contribution in [0.2, 0.25) is 0 Å². The molecule has 2 aliphatic rings. The van der Waals surface area contributed by atoms with Gasteiger partial charge >= 0.3 is 6.09 Å². The van der Waals surface area contributed by atoms with Gasteiger partial charge in [0.25, 0.3) is 0 Å². The van der Waals surface area contributed by atoms with Gasteiger partial charge in [0, 0.05) is 31.5 Å². The largest absolute Gasteiger partial charge is 0.439 e. The third-order valence-corrected chi connectivity index (χ3v) is 5.71. The number of carbonyl (C=O) groups is 2. The third-order valence-electron chi connectivity index (χ3n) is 4.68. The number of nitrogens with zero attached hydrogens (tertiary/aromatic N) is 2. The fourth-order valence-corrected chi connectivity index (χ4v) is 4.30. The highest BCUT2D eigenvalue weighted by Crippen LogP contribution is 2.31. The number of ether oxygens (including phenoxy) is 1. The van der Waals surface area contributed by atoms with E-state index in [9.17, 15) is 14.0 Å². The highest BCUT2D eigenvalue weighted by Gasteiger charge is 2.47. The second-order valence-electron chi connectivity index (χ2n) is 6.75. The molecule has 25 heavy (non-hydrogen) atoms. The van der Waals surface area contributed by atoms with Gasteiger partial charge in [-0.2, -0.15) is 11.8 Å². The number of thioether (sulfide) groups is 1. The van der Waals surface area contributed by atoms with Gasteiger partial charge in [-0.3, -0.25) is 4.79 Å². The van der Waals surface area contributed by atoms with Crippen LogP contribution in [0.3, 0.4) is 0 Å². The molecule has 0 aliphatic carbocycles. The lowest BCUT2D eigenvalue weighted by Crippen LogP contribution is -2.52. The minimum atomic E-state index is -0.527. The quantitative estimate of drug-likeness (QED) is 0.752. The monoisotopic (exact) mass is 366 g/mol. The fraction of sp³-hybridized carbons (Fsp3) is 0.556. The van der Waals surface area contributed by atoms with Gasteiger partial charge < -0.3 is 14.5 Å². The Bertz CT molecular complexity index is 640. The van der Waals surface area contributed by atoms with Crippen LogP contribution >= 0.6 is 11.8 Å². The summed E-state index contributed by atoms with van der Waals surface area (Å²) in [7, 11) is 1.73. The number of carbonyl (C=O) groups excluding carboxylic acids is 2. The predicted octanol–water partition coefficient (Wildman–Crippen LogP) is 2.89. The number of hydrogen-bond acceptors (Lipinski definition) is 4. The molecule has 1 aromatic carbocycles. The van der Waals surface area contributed by atoms with E-state index < -0.39 is 5.60 Å². The lowest BCUT2D eigenvalue weighted by atomic mass is 9.92. The maximum absolute atomic E-state index is 12.9. The summed E-state index contributed by atoms with van der Waals surface area (Å²) in [5.74, 6) is 1.36. The SMILES string of the molecule is CN1C[C@@]2(CCCN(C(=O)CCSCc3ccc(F)cc3)C2)OC1=O. The van der Waals surface area contributed by atoms with E-state index in [1.54, 1.807) is 35.8 Å². The molecule has 2 heterocycles. The molecule has 0 saturated carbocycles. The van der Waals surface area contributed by atoms with Gasteiger partial charge in [0.1, 0.15) is 11.4 Å². The van der Waals surface area contributed by atoms with Gasteiger partial charge in [0.05, 0.1) is 13.1 Å². The van der Waals surface area contributed by atoms with E-state index in [-0.39, 0.29) is 17.8 Å². The van der Waals surface area contributed by atoms with Crippen molar-refractivity contribution in [1.82, 2.24) is 9.80 Å². The Morgan fingerprint density at radius 2 is 2.08 bits per heavy atom. The van der Waals surface area contributed by atoms with Gasteiger partial charge in [-0.05, 0) is 30.5 Å². The molecule has 1 atom stereocenters. The topological polar surface area (TPSA) is 49.9 Å². The normalized spacial score (nSPS) is 23.2. The highest BCUT2D eigenvalue weighted by atomic mass is 32.2. The van der Waals surface area contributed by atoms with Crippen LogP contribution in [0.15, 0.2) is 24.3 Å². The minimum absolute atomic E-state index is 0.108. The minimum Gasteiger partial charge on any atom is -0.439 e. The summed E-state index contributed by atoms with van der Waals surface area (Å²) in [5, 5.41) is 0. The zero-order valence-electron chi connectivity index (χ0n) is 14.4. The predicted molar refractivity (Wildman–Crippen MR) is 94.8 cm³/mol. The van der Waals surface area contributed by atoms with Crippen LogP contribution in [0.5, 0.6) is 0 Å². The Morgan fingerprint density at radius 1 is 1.32 bits per heavy atom. The van der Waals surface area contributed by atoms with Crippen molar-refractivity contribution in [2.75, 3.05) is 32.4 Å². The molecule has 1 aromatic rings. The second kappa shape index (κ2) is 7.64. The number of piperidine rings is 1. The summed E-state index contributed by atoms with van der Waals surface area (Å²) in [4.78, 5) is 27.5. The second-order valence-corrected chi connectivity index (χ2v) is 7.86. The lowest BCUT2D eigenvalue weighted by Gasteiger charge is -2.38. The van der Waals surface area contributed by atoms with Crippen molar-refractivity contribution in [3.63, 3.8) is 0 Å². The van der Waals surface area contributed by atoms with Gasteiger partial charge in [-0.25, -0.2) is 9.18 Å². The molecule has 0 bridgehead atoms.